The molecule has 0 unspecified atom stereocenters. The largest absolute Gasteiger partial charge is 0.494 e. The number of methoxy groups -OCH3 is 1. The maximum Gasteiger partial charge on any atom is 0.338 e. The Morgan fingerprint density at radius 2 is 1.76 bits per heavy atom. The SMILES string of the molecule is COc1ccc(CNC(=O)c2cc([N+](=O)[O-])ccc2N[C@H]2CC[C@@H](OC(=O)c3ccccc3)CC2)cc1F. The fraction of sp³-hybridized carbons (Fsp3) is 0.286. The molecular weight excluding hydrogens is 493 g/mol. The fourth-order valence-electron chi connectivity index (χ4n) is 4.40. The number of amides is 1. The Morgan fingerprint density at radius 1 is 1.03 bits per heavy atom. The number of benzene rings is 3. The van der Waals surface area contributed by atoms with E-state index >= 15 is 0 Å². The van der Waals surface area contributed by atoms with Gasteiger partial charge in [-0.25, -0.2) is 9.18 Å². The van der Waals surface area contributed by atoms with Crippen LogP contribution in [0.25, 0.3) is 0 Å². The molecule has 2 N–H and O–H groups in total. The molecule has 0 saturated heterocycles. The molecule has 38 heavy (non-hydrogen) atoms. The van der Waals surface area contributed by atoms with Crippen LogP contribution in [-0.2, 0) is 11.3 Å². The first-order valence-electron chi connectivity index (χ1n) is 12.3. The number of nitrogens with zero attached hydrogens (tertiary/aromatic N) is 1. The van der Waals surface area contributed by atoms with Gasteiger partial charge in [0, 0.05) is 30.4 Å². The summed E-state index contributed by atoms with van der Waals surface area (Å²) in [6, 6.07) is 17.2. The number of nitrogens with one attached hydrogen (secondary N) is 2. The molecule has 4 rings (SSSR count). The van der Waals surface area contributed by atoms with Crippen molar-refractivity contribution in [2.75, 3.05) is 12.4 Å². The van der Waals surface area contributed by atoms with Gasteiger partial charge < -0.3 is 20.1 Å². The van der Waals surface area contributed by atoms with Crippen LogP contribution in [0.15, 0.2) is 66.7 Å². The Balaban J connectivity index is 1.39. The lowest BCUT2D eigenvalue weighted by atomic mass is 9.92. The van der Waals surface area contributed by atoms with Crippen molar-refractivity contribution >= 4 is 23.3 Å². The van der Waals surface area contributed by atoms with Gasteiger partial charge in [-0.3, -0.25) is 14.9 Å². The van der Waals surface area contributed by atoms with E-state index in [9.17, 15) is 24.1 Å². The monoisotopic (exact) mass is 521 g/mol. The Labute approximate surface area is 219 Å². The van der Waals surface area contributed by atoms with Crippen molar-refractivity contribution in [1.82, 2.24) is 5.32 Å². The van der Waals surface area contributed by atoms with Crippen LogP contribution in [0.2, 0.25) is 0 Å². The molecule has 0 bridgehead atoms. The van der Waals surface area contributed by atoms with E-state index in [1.807, 2.05) is 6.07 Å². The molecule has 1 aliphatic rings. The lowest BCUT2D eigenvalue weighted by Crippen LogP contribution is -2.32. The average Bonchev–Trinajstić information content (AvgIpc) is 2.93. The molecule has 1 fully saturated rings. The molecule has 9 nitrogen and oxygen atoms in total. The van der Waals surface area contributed by atoms with Gasteiger partial charge in [0.15, 0.2) is 11.6 Å². The summed E-state index contributed by atoms with van der Waals surface area (Å²) in [6.45, 7) is 0.0275. The molecule has 3 aromatic rings. The number of nitro groups is 1. The number of carbonyl (C=O) groups excluding carboxylic acids is 2. The Kier molecular flexibility index (Phi) is 8.52. The van der Waals surface area contributed by atoms with E-state index in [0.717, 1.165) is 0 Å². The standard InChI is InChI=1S/C28H28FN3O6/c1-37-26-14-7-18(15-24(26)29)17-30-27(33)23-16-21(32(35)36)10-13-25(23)31-20-8-11-22(12-9-20)38-28(34)19-5-3-2-4-6-19/h2-7,10,13-16,20,22,31H,8-9,11-12,17H2,1H3,(H,30,33)/t20-,22+. The van der Waals surface area contributed by atoms with Crippen LogP contribution >= 0.6 is 0 Å². The number of hydrogen-bond acceptors (Lipinski definition) is 7. The summed E-state index contributed by atoms with van der Waals surface area (Å²) in [5.41, 5.74) is 1.38. The fourth-order valence-corrected chi connectivity index (χ4v) is 4.40. The van der Waals surface area contributed by atoms with Crippen molar-refractivity contribution in [3.05, 3.63) is 99.4 Å². The first kappa shape index (κ1) is 26.6. The van der Waals surface area contributed by atoms with E-state index < -0.39 is 16.6 Å². The topological polar surface area (TPSA) is 120 Å². The summed E-state index contributed by atoms with van der Waals surface area (Å²) < 4.78 is 24.5. The van der Waals surface area contributed by atoms with E-state index in [0.29, 0.717) is 42.5 Å². The zero-order valence-electron chi connectivity index (χ0n) is 20.8. The molecule has 10 heteroatoms. The van der Waals surface area contributed by atoms with Gasteiger partial charge in [0.25, 0.3) is 11.6 Å². The van der Waals surface area contributed by atoms with E-state index in [1.165, 1.54) is 37.4 Å². The third kappa shape index (κ3) is 6.64. The van der Waals surface area contributed by atoms with E-state index in [1.54, 1.807) is 30.3 Å². The number of rotatable bonds is 9. The highest BCUT2D eigenvalue weighted by Crippen LogP contribution is 2.28. The second kappa shape index (κ2) is 12.2. The average molecular weight is 522 g/mol. The maximum absolute atomic E-state index is 14.0. The third-order valence-electron chi connectivity index (χ3n) is 6.44. The van der Waals surface area contributed by atoms with Gasteiger partial charge in [-0.1, -0.05) is 24.3 Å². The highest BCUT2D eigenvalue weighted by molar-refractivity contribution is 6.00. The number of nitro benzene ring substituents is 1. The molecule has 0 spiro atoms. The second-order valence-electron chi connectivity index (χ2n) is 9.03. The Bertz CT molecular complexity index is 1310. The van der Waals surface area contributed by atoms with Crippen LogP contribution in [-0.4, -0.2) is 36.1 Å². The van der Waals surface area contributed by atoms with Crippen molar-refractivity contribution in [2.45, 2.75) is 44.4 Å². The smallest absolute Gasteiger partial charge is 0.338 e. The molecule has 0 atom stereocenters. The summed E-state index contributed by atoms with van der Waals surface area (Å²) in [5.74, 6) is -1.34. The molecule has 0 heterocycles. The van der Waals surface area contributed by atoms with Gasteiger partial charge in [0.2, 0.25) is 0 Å². The number of hydrogen-bond donors (Lipinski definition) is 2. The first-order chi connectivity index (χ1) is 18.3. The van der Waals surface area contributed by atoms with Crippen LogP contribution in [0.1, 0.15) is 52.0 Å². The molecule has 0 aliphatic heterocycles. The molecule has 1 saturated carbocycles. The van der Waals surface area contributed by atoms with Gasteiger partial charge in [-0.2, -0.15) is 0 Å². The summed E-state index contributed by atoms with van der Waals surface area (Å²) in [5, 5.41) is 17.4. The molecule has 198 valence electrons. The normalized spacial score (nSPS) is 16.8. The van der Waals surface area contributed by atoms with Crippen LogP contribution in [0.4, 0.5) is 15.8 Å². The minimum Gasteiger partial charge on any atom is -0.494 e. The third-order valence-corrected chi connectivity index (χ3v) is 6.44. The summed E-state index contributed by atoms with van der Waals surface area (Å²) in [7, 11) is 1.36. The second-order valence-corrected chi connectivity index (χ2v) is 9.03. The number of carbonyl (C=O) groups is 2. The van der Waals surface area contributed by atoms with Crippen molar-refractivity contribution in [2.24, 2.45) is 0 Å². The van der Waals surface area contributed by atoms with Crippen LogP contribution < -0.4 is 15.4 Å². The quantitative estimate of drug-likeness (QED) is 0.224. The number of non-ortho nitro benzene ring substituents is 1. The van der Waals surface area contributed by atoms with Crippen LogP contribution in [0, 0.1) is 15.9 Å². The lowest BCUT2D eigenvalue weighted by Gasteiger charge is -2.30. The minimum absolute atomic E-state index is 0.00892. The van der Waals surface area contributed by atoms with E-state index in [4.69, 9.17) is 9.47 Å². The summed E-state index contributed by atoms with van der Waals surface area (Å²) >= 11 is 0. The molecular formula is C28H28FN3O6. The maximum atomic E-state index is 14.0. The number of ether oxygens (including phenoxy) is 2. The predicted molar refractivity (Wildman–Crippen MR) is 139 cm³/mol. The molecule has 3 aromatic carbocycles. The van der Waals surface area contributed by atoms with Crippen molar-refractivity contribution in [3.63, 3.8) is 0 Å². The highest BCUT2D eigenvalue weighted by atomic mass is 19.1. The Morgan fingerprint density at radius 3 is 2.42 bits per heavy atom. The van der Waals surface area contributed by atoms with Gasteiger partial charge in [0.1, 0.15) is 6.10 Å². The van der Waals surface area contributed by atoms with E-state index in [2.05, 4.69) is 10.6 Å². The highest BCUT2D eigenvalue weighted by Gasteiger charge is 2.26. The van der Waals surface area contributed by atoms with E-state index in [-0.39, 0.29) is 41.7 Å². The van der Waals surface area contributed by atoms with Crippen molar-refractivity contribution in [3.8, 4) is 5.75 Å². The molecule has 0 aromatic heterocycles. The van der Waals surface area contributed by atoms with Crippen molar-refractivity contribution in [1.29, 1.82) is 0 Å². The zero-order valence-corrected chi connectivity index (χ0v) is 20.8. The summed E-state index contributed by atoms with van der Waals surface area (Å²) in [6.07, 6.45) is 2.47. The molecule has 1 amide bonds. The van der Waals surface area contributed by atoms with Gasteiger partial charge in [-0.15, -0.1) is 0 Å². The van der Waals surface area contributed by atoms with Gasteiger partial charge in [0.05, 0.1) is 23.2 Å². The Hall–Kier alpha value is -4.47. The zero-order chi connectivity index (χ0) is 27.1. The number of anilines is 1. The van der Waals surface area contributed by atoms with Crippen molar-refractivity contribution < 1.29 is 28.4 Å². The first-order valence-corrected chi connectivity index (χ1v) is 12.3. The predicted octanol–water partition coefficient (Wildman–Crippen LogP) is 5.25. The summed E-state index contributed by atoms with van der Waals surface area (Å²) in [4.78, 5) is 36.1. The number of esters is 1. The van der Waals surface area contributed by atoms with Crippen LogP contribution in [0.5, 0.6) is 5.75 Å². The lowest BCUT2D eigenvalue weighted by molar-refractivity contribution is -0.384. The molecule has 1 aliphatic carbocycles. The van der Waals surface area contributed by atoms with Gasteiger partial charge in [-0.05, 0) is 61.6 Å². The minimum atomic E-state index is -0.564. The van der Waals surface area contributed by atoms with Crippen LogP contribution in [0.3, 0.4) is 0 Å². The molecule has 0 radical (unpaired) electrons. The number of halogens is 1. The van der Waals surface area contributed by atoms with Gasteiger partial charge >= 0.3 is 5.97 Å².